The molecule has 0 saturated carbocycles. The number of nitriles is 1. The Kier molecular flexibility index (Phi) is 3.77. The molecule has 0 spiro atoms. The molecule has 2 aromatic carbocycles. The van der Waals surface area contributed by atoms with Gasteiger partial charge in [0.05, 0.1) is 11.6 Å². The SMILES string of the molecule is N#Cc1cccc(NCCc2ccccc2)c1. The van der Waals surface area contributed by atoms with E-state index in [4.69, 9.17) is 5.26 Å². The van der Waals surface area contributed by atoms with Gasteiger partial charge in [-0.2, -0.15) is 5.26 Å². The monoisotopic (exact) mass is 222 g/mol. The van der Waals surface area contributed by atoms with Gasteiger partial charge >= 0.3 is 0 Å². The number of hydrogen-bond donors (Lipinski definition) is 1. The summed E-state index contributed by atoms with van der Waals surface area (Å²) >= 11 is 0. The van der Waals surface area contributed by atoms with Crippen LogP contribution in [0.25, 0.3) is 0 Å². The molecule has 0 unspecified atom stereocenters. The Morgan fingerprint density at radius 1 is 1.00 bits per heavy atom. The van der Waals surface area contributed by atoms with Gasteiger partial charge in [-0.1, -0.05) is 36.4 Å². The van der Waals surface area contributed by atoms with Gasteiger partial charge in [0, 0.05) is 12.2 Å². The van der Waals surface area contributed by atoms with Crippen molar-refractivity contribution in [3.8, 4) is 6.07 Å². The summed E-state index contributed by atoms with van der Waals surface area (Å²) in [7, 11) is 0. The quantitative estimate of drug-likeness (QED) is 0.862. The largest absolute Gasteiger partial charge is 0.385 e. The van der Waals surface area contributed by atoms with Crippen LogP contribution in [-0.4, -0.2) is 6.54 Å². The van der Waals surface area contributed by atoms with E-state index in [0.717, 1.165) is 18.7 Å². The van der Waals surface area contributed by atoms with E-state index in [0.29, 0.717) is 5.56 Å². The lowest BCUT2D eigenvalue weighted by Gasteiger charge is -2.06. The lowest BCUT2D eigenvalue weighted by Crippen LogP contribution is -2.04. The third-order valence-electron chi connectivity index (χ3n) is 2.58. The van der Waals surface area contributed by atoms with E-state index < -0.39 is 0 Å². The number of nitrogens with one attached hydrogen (secondary N) is 1. The molecule has 2 nitrogen and oxygen atoms in total. The second kappa shape index (κ2) is 5.72. The predicted octanol–water partition coefficient (Wildman–Crippen LogP) is 3.21. The van der Waals surface area contributed by atoms with Crippen molar-refractivity contribution in [2.75, 3.05) is 11.9 Å². The first kappa shape index (κ1) is 11.2. The van der Waals surface area contributed by atoms with Gasteiger partial charge < -0.3 is 5.32 Å². The van der Waals surface area contributed by atoms with Crippen molar-refractivity contribution in [2.24, 2.45) is 0 Å². The third kappa shape index (κ3) is 3.35. The van der Waals surface area contributed by atoms with Crippen LogP contribution in [0.4, 0.5) is 5.69 Å². The Morgan fingerprint density at radius 2 is 1.82 bits per heavy atom. The van der Waals surface area contributed by atoms with Gasteiger partial charge in [0.1, 0.15) is 0 Å². The van der Waals surface area contributed by atoms with Gasteiger partial charge in [-0.15, -0.1) is 0 Å². The predicted molar refractivity (Wildman–Crippen MR) is 69.8 cm³/mol. The molecule has 0 aliphatic heterocycles. The van der Waals surface area contributed by atoms with Crippen molar-refractivity contribution >= 4 is 5.69 Å². The summed E-state index contributed by atoms with van der Waals surface area (Å²) in [5, 5.41) is 12.1. The maximum Gasteiger partial charge on any atom is 0.0992 e. The molecule has 0 heterocycles. The zero-order chi connectivity index (χ0) is 11.9. The van der Waals surface area contributed by atoms with Crippen LogP contribution in [-0.2, 0) is 6.42 Å². The minimum Gasteiger partial charge on any atom is -0.385 e. The second-order valence-electron chi connectivity index (χ2n) is 3.85. The van der Waals surface area contributed by atoms with E-state index in [1.165, 1.54) is 5.56 Å². The fraction of sp³-hybridized carbons (Fsp3) is 0.133. The van der Waals surface area contributed by atoms with E-state index in [-0.39, 0.29) is 0 Å². The maximum absolute atomic E-state index is 8.79. The molecule has 84 valence electrons. The molecule has 2 rings (SSSR count). The molecule has 0 saturated heterocycles. The van der Waals surface area contributed by atoms with E-state index in [9.17, 15) is 0 Å². The summed E-state index contributed by atoms with van der Waals surface area (Å²) in [6.45, 7) is 0.874. The fourth-order valence-corrected chi connectivity index (χ4v) is 1.69. The first-order valence-corrected chi connectivity index (χ1v) is 5.66. The number of hydrogen-bond acceptors (Lipinski definition) is 2. The highest BCUT2D eigenvalue weighted by Gasteiger charge is 1.95. The molecule has 2 heteroatoms. The average molecular weight is 222 g/mol. The van der Waals surface area contributed by atoms with Gasteiger partial charge in [0.25, 0.3) is 0 Å². The fourth-order valence-electron chi connectivity index (χ4n) is 1.69. The van der Waals surface area contributed by atoms with E-state index >= 15 is 0 Å². The average Bonchev–Trinajstić information content (AvgIpc) is 2.40. The molecule has 0 amide bonds. The molecule has 0 atom stereocenters. The van der Waals surface area contributed by atoms with Crippen molar-refractivity contribution in [3.63, 3.8) is 0 Å². The molecule has 0 aromatic heterocycles. The maximum atomic E-state index is 8.79. The Balaban J connectivity index is 1.88. The molecular formula is C15H14N2. The molecule has 1 N–H and O–H groups in total. The molecular weight excluding hydrogens is 208 g/mol. The van der Waals surface area contributed by atoms with E-state index in [1.807, 2.05) is 42.5 Å². The van der Waals surface area contributed by atoms with Crippen LogP contribution in [0.15, 0.2) is 54.6 Å². The highest BCUT2D eigenvalue weighted by molar-refractivity contribution is 5.49. The lowest BCUT2D eigenvalue weighted by molar-refractivity contribution is 1.02. The highest BCUT2D eigenvalue weighted by Crippen LogP contribution is 2.09. The van der Waals surface area contributed by atoms with Crippen molar-refractivity contribution < 1.29 is 0 Å². The van der Waals surface area contributed by atoms with Gasteiger partial charge in [-0.25, -0.2) is 0 Å². The summed E-state index contributed by atoms with van der Waals surface area (Å²) in [6.07, 6.45) is 0.984. The number of nitrogens with zero attached hydrogens (tertiary/aromatic N) is 1. The molecule has 17 heavy (non-hydrogen) atoms. The van der Waals surface area contributed by atoms with Gasteiger partial charge in [0.15, 0.2) is 0 Å². The Bertz CT molecular complexity index is 512. The Labute approximate surface area is 102 Å². The number of rotatable bonds is 4. The van der Waals surface area contributed by atoms with E-state index in [2.05, 4.69) is 23.5 Å². The molecule has 0 fully saturated rings. The molecule has 0 aliphatic rings. The first-order valence-electron chi connectivity index (χ1n) is 5.66. The summed E-state index contributed by atoms with van der Waals surface area (Å²) in [5.74, 6) is 0. The number of anilines is 1. The molecule has 0 radical (unpaired) electrons. The first-order chi connectivity index (χ1) is 8.38. The standard InChI is InChI=1S/C15H14N2/c16-12-14-7-4-8-15(11-14)17-10-9-13-5-2-1-3-6-13/h1-8,11,17H,9-10H2. The normalized spacial score (nSPS) is 9.59. The zero-order valence-corrected chi connectivity index (χ0v) is 9.56. The Hall–Kier alpha value is -2.27. The topological polar surface area (TPSA) is 35.8 Å². The second-order valence-corrected chi connectivity index (χ2v) is 3.85. The van der Waals surface area contributed by atoms with Crippen molar-refractivity contribution in [3.05, 3.63) is 65.7 Å². The van der Waals surface area contributed by atoms with Crippen molar-refractivity contribution in [2.45, 2.75) is 6.42 Å². The highest BCUT2D eigenvalue weighted by atomic mass is 14.9. The Morgan fingerprint density at radius 3 is 2.59 bits per heavy atom. The third-order valence-corrected chi connectivity index (χ3v) is 2.58. The molecule has 2 aromatic rings. The summed E-state index contributed by atoms with van der Waals surface area (Å²) in [6, 6.07) is 20.0. The molecule has 0 aliphatic carbocycles. The van der Waals surface area contributed by atoms with Crippen molar-refractivity contribution in [1.82, 2.24) is 0 Å². The summed E-state index contributed by atoms with van der Waals surface area (Å²) in [4.78, 5) is 0. The van der Waals surface area contributed by atoms with Crippen LogP contribution in [0.3, 0.4) is 0 Å². The van der Waals surface area contributed by atoms with Gasteiger partial charge in [-0.05, 0) is 30.2 Å². The van der Waals surface area contributed by atoms with Crippen LogP contribution in [0.1, 0.15) is 11.1 Å². The van der Waals surface area contributed by atoms with Crippen LogP contribution in [0.5, 0.6) is 0 Å². The van der Waals surface area contributed by atoms with Gasteiger partial charge in [0.2, 0.25) is 0 Å². The van der Waals surface area contributed by atoms with Crippen molar-refractivity contribution in [1.29, 1.82) is 5.26 Å². The minimum atomic E-state index is 0.690. The van der Waals surface area contributed by atoms with Crippen LogP contribution >= 0.6 is 0 Å². The number of benzene rings is 2. The summed E-state index contributed by atoms with van der Waals surface area (Å²) < 4.78 is 0. The summed E-state index contributed by atoms with van der Waals surface area (Å²) in [5.41, 5.74) is 3.01. The van der Waals surface area contributed by atoms with Gasteiger partial charge in [-0.3, -0.25) is 0 Å². The van der Waals surface area contributed by atoms with Crippen LogP contribution < -0.4 is 5.32 Å². The van der Waals surface area contributed by atoms with E-state index in [1.54, 1.807) is 0 Å². The molecule has 0 bridgehead atoms. The zero-order valence-electron chi connectivity index (χ0n) is 9.56. The van der Waals surface area contributed by atoms with Crippen LogP contribution in [0, 0.1) is 11.3 Å². The lowest BCUT2D eigenvalue weighted by atomic mass is 10.1. The minimum absolute atomic E-state index is 0.690. The smallest absolute Gasteiger partial charge is 0.0992 e. The van der Waals surface area contributed by atoms with Crippen LogP contribution in [0.2, 0.25) is 0 Å².